The summed E-state index contributed by atoms with van der Waals surface area (Å²) in [4.78, 5) is 9.11. The molecule has 0 aromatic carbocycles. The van der Waals surface area contributed by atoms with Gasteiger partial charge in [-0.3, -0.25) is 0 Å². The number of aromatic nitrogens is 2. The molecule has 1 unspecified atom stereocenters. The molecule has 0 aliphatic heterocycles. The van der Waals surface area contributed by atoms with E-state index in [9.17, 15) is 0 Å². The van der Waals surface area contributed by atoms with E-state index in [1.54, 1.807) is 0 Å². The van der Waals surface area contributed by atoms with Crippen LogP contribution in [0.4, 0.5) is 0 Å². The molecule has 1 rings (SSSR count). The largest absolute Gasteiger partial charge is 0.321 e. The topological polar surface area (TPSA) is 51.8 Å². The number of aryl methyl sites for hydroxylation is 1. The van der Waals surface area contributed by atoms with Crippen LogP contribution in [-0.4, -0.2) is 9.97 Å². The van der Waals surface area contributed by atoms with Crippen molar-refractivity contribution >= 4 is 0 Å². The minimum atomic E-state index is -0.136. The lowest BCUT2D eigenvalue weighted by molar-refractivity contribution is 0.313. The molecular formula is C14H25N3. The second-order valence-electron chi connectivity index (χ2n) is 6.85. The van der Waals surface area contributed by atoms with Gasteiger partial charge in [-0.25, -0.2) is 9.97 Å². The first kappa shape index (κ1) is 14.1. The number of nitrogens with two attached hydrogens (primary N) is 1. The van der Waals surface area contributed by atoms with E-state index in [-0.39, 0.29) is 16.9 Å². The molecule has 0 bridgehead atoms. The van der Waals surface area contributed by atoms with E-state index in [4.69, 9.17) is 5.73 Å². The maximum absolute atomic E-state index is 6.23. The van der Waals surface area contributed by atoms with Gasteiger partial charge in [-0.1, -0.05) is 41.5 Å². The summed E-state index contributed by atoms with van der Waals surface area (Å²) in [6.07, 6.45) is 0. The summed E-state index contributed by atoms with van der Waals surface area (Å²) < 4.78 is 0. The molecule has 0 saturated heterocycles. The Morgan fingerprint density at radius 2 is 1.59 bits per heavy atom. The van der Waals surface area contributed by atoms with Gasteiger partial charge in [0.1, 0.15) is 5.82 Å². The van der Waals surface area contributed by atoms with E-state index >= 15 is 0 Å². The molecule has 0 radical (unpaired) electrons. The monoisotopic (exact) mass is 235 g/mol. The highest BCUT2D eigenvalue weighted by molar-refractivity contribution is 5.19. The zero-order chi connectivity index (χ0) is 13.4. The fraction of sp³-hybridized carbons (Fsp3) is 0.714. The zero-order valence-electron chi connectivity index (χ0n) is 12.1. The molecule has 1 aromatic rings. The minimum absolute atomic E-state index is 0.0249. The van der Waals surface area contributed by atoms with Crippen LogP contribution in [0.15, 0.2) is 6.07 Å². The van der Waals surface area contributed by atoms with Gasteiger partial charge < -0.3 is 5.73 Å². The van der Waals surface area contributed by atoms with Gasteiger partial charge in [-0.2, -0.15) is 0 Å². The van der Waals surface area contributed by atoms with Gasteiger partial charge in [0.15, 0.2) is 0 Å². The van der Waals surface area contributed by atoms with Crippen molar-refractivity contribution in [1.82, 2.24) is 9.97 Å². The fourth-order valence-corrected chi connectivity index (χ4v) is 1.50. The Labute approximate surface area is 105 Å². The van der Waals surface area contributed by atoms with Gasteiger partial charge in [-0.05, 0) is 18.4 Å². The molecule has 3 heteroatoms. The molecule has 0 spiro atoms. The highest BCUT2D eigenvalue weighted by Gasteiger charge is 2.26. The smallest absolute Gasteiger partial charge is 0.146 e. The van der Waals surface area contributed by atoms with Crippen molar-refractivity contribution in [1.29, 1.82) is 0 Å². The summed E-state index contributed by atoms with van der Waals surface area (Å²) >= 11 is 0. The van der Waals surface area contributed by atoms with Gasteiger partial charge in [0.25, 0.3) is 0 Å². The fourth-order valence-electron chi connectivity index (χ4n) is 1.50. The number of hydrogen-bond donors (Lipinski definition) is 1. The molecule has 17 heavy (non-hydrogen) atoms. The van der Waals surface area contributed by atoms with Gasteiger partial charge in [0.05, 0.1) is 6.04 Å². The van der Waals surface area contributed by atoms with E-state index in [1.165, 1.54) is 0 Å². The SMILES string of the molecule is Cc1cc(C(C)(C)C)nc(C(N)C(C)(C)C)n1. The number of nitrogens with zero attached hydrogens (tertiary/aromatic N) is 2. The third kappa shape index (κ3) is 3.50. The lowest BCUT2D eigenvalue weighted by Gasteiger charge is -2.27. The van der Waals surface area contributed by atoms with Crippen molar-refractivity contribution in [2.45, 2.75) is 59.9 Å². The number of hydrogen-bond acceptors (Lipinski definition) is 3. The van der Waals surface area contributed by atoms with Crippen molar-refractivity contribution in [3.05, 3.63) is 23.3 Å². The summed E-state index contributed by atoms with van der Waals surface area (Å²) in [6.45, 7) is 14.8. The van der Waals surface area contributed by atoms with Crippen molar-refractivity contribution in [2.24, 2.45) is 11.1 Å². The van der Waals surface area contributed by atoms with Crippen LogP contribution in [0, 0.1) is 12.3 Å². The normalized spacial score (nSPS) is 14.8. The molecule has 0 amide bonds. The molecule has 2 N–H and O–H groups in total. The molecule has 96 valence electrons. The van der Waals surface area contributed by atoms with E-state index in [2.05, 4.69) is 51.5 Å². The third-order valence-corrected chi connectivity index (χ3v) is 2.85. The first-order valence-corrected chi connectivity index (χ1v) is 6.13. The van der Waals surface area contributed by atoms with Crippen LogP contribution in [0.1, 0.15) is 64.8 Å². The molecule has 0 saturated carbocycles. The quantitative estimate of drug-likeness (QED) is 0.813. The zero-order valence-corrected chi connectivity index (χ0v) is 12.1. The standard InChI is InChI=1S/C14H25N3/c1-9-8-10(13(2,3)4)17-12(16-9)11(15)14(5,6)7/h8,11H,15H2,1-7H3. The Morgan fingerprint density at radius 3 is 2.00 bits per heavy atom. The molecule has 0 aliphatic carbocycles. The molecule has 1 heterocycles. The first-order chi connectivity index (χ1) is 7.51. The average Bonchev–Trinajstić information content (AvgIpc) is 2.12. The van der Waals surface area contributed by atoms with E-state index < -0.39 is 0 Å². The maximum atomic E-state index is 6.23. The summed E-state index contributed by atoms with van der Waals surface area (Å²) in [7, 11) is 0. The lowest BCUT2D eigenvalue weighted by Crippen LogP contribution is -2.29. The maximum Gasteiger partial charge on any atom is 0.146 e. The van der Waals surface area contributed by atoms with Crippen LogP contribution in [0.25, 0.3) is 0 Å². The lowest BCUT2D eigenvalue weighted by atomic mass is 9.86. The van der Waals surface area contributed by atoms with Crippen molar-refractivity contribution in [2.75, 3.05) is 0 Å². The van der Waals surface area contributed by atoms with Crippen LogP contribution in [-0.2, 0) is 5.41 Å². The van der Waals surface area contributed by atoms with E-state index in [0.29, 0.717) is 0 Å². The molecule has 3 nitrogen and oxygen atoms in total. The van der Waals surface area contributed by atoms with Gasteiger partial charge in [-0.15, -0.1) is 0 Å². The Kier molecular flexibility index (Phi) is 3.63. The number of rotatable bonds is 1. The molecule has 1 atom stereocenters. The van der Waals surface area contributed by atoms with Crippen LogP contribution in [0.5, 0.6) is 0 Å². The first-order valence-electron chi connectivity index (χ1n) is 6.13. The van der Waals surface area contributed by atoms with Crippen molar-refractivity contribution in [3.63, 3.8) is 0 Å². The van der Waals surface area contributed by atoms with Crippen molar-refractivity contribution in [3.8, 4) is 0 Å². The Bertz CT molecular complexity index is 397. The van der Waals surface area contributed by atoms with Crippen LogP contribution < -0.4 is 5.73 Å². The Balaban J connectivity index is 3.24. The van der Waals surface area contributed by atoms with Gasteiger partial charge in [0.2, 0.25) is 0 Å². The second-order valence-corrected chi connectivity index (χ2v) is 6.85. The summed E-state index contributed by atoms with van der Waals surface area (Å²) in [5.41, 5.74) is 8.27. The molecular weight excluding hydrogens is 210 g/mol. The van der Waals surface area contributed by atoms with Crippen LogP contribution >= 0.6 is 0 Å². The Hall–Kier alpha value is -0.960. The van der Waals surface area contributed by atoms with Crippen LogP contribution in [0.3, 0.4) is 0 Å². The minimum Gasteiger partial charge on any atom is -0.321 e. The van der Waals surface area contributed by atoms with Crippen LogP contribution in [0.2, 0.25) is 0 Å². The highest BCUT2D eigenvalue weighted by Crippen LogP contribution is 2.30. The summed E-state index contributed by atoms with van der Waals surface area (Å²) in [6, 6.07) is 1.90. The van der Waals surface area contributed by atoms with E-state index in [1.807, 2.05) is 13.0 Å². The third-order valence-electron chi connectivity index (χ3n) is 2.85. The predicted molar refractivity (Wildman–Crippen MR) is 71.9 cm³/mol. The van der Waals surface area contributed by atoms with Gasteiger partial charge in [0, 0.05) is 16.8 Å². The highest BCUT2D eigenvalue weighted by atomic mass is 15.0. The Morgan fingerprint density at radius 1 is 1.06 bits per heavy atom. The van der Waals surface area contributed by atoms with E-state index in [0.717, 1.165) is 17.2 Å². The molecule has 0 aliphatic rings. The summed E-state index contributed by atoms with van der Waals surface area (Å²) in [5.74, 6) is 0.752. The average molecular weight is 235 g/mol. The molecule has 0 fully saturated rings. The van der Waals surface area contributed by atoms with Gasteiger partial charge >= 0.3 is 0 Å². The summed E-state index contributed by atoms with van der Waals surface area (Å²) in [5, 5.41) is 0. The predicted octanol–water partition coefficient (Wildman–Crippen LogP) is 3.13. The molecule has 1 aromatic heterocycles. The van der Waals surface area contributed by atoms with Crippen molar-refractivity contribution < 1.29 is 0 Å². The second kappa shape index (κ2) is 4.37.